The molecule has 2 aliphatic heterocycles. The third-order valence-corrected chi connectivity index (χ3v) is 4.07. The largest absolute Gasteiger partial charge is 0.379 e. The zero-order chi connectivity index (χ0) is 11.4. The highest BCUT2D eigenvalue weighted by Crippen LogP contribution is 2.27. The van der Waals surface area contributed by atoms with Gasteiger partial charge < -0.3 is 10.1 Å². The van der Waals surface area contributed by atoms with E-state index in [4.69, 9.17) is 4.74 Å². The highest BCUT2D eigenvalue weighted by molar-refractivity contribution is 4.96. The minimum absolute atomic E-state index is 0.403. The maximum absolute atomic E-state index is 5.51. The van der Waals surface area contributed by atoms with Crippen molar-refractivity contribution in [3.05, 3.63) is 0 Å². The van der Waals surface area contributed by atoms with Crippen LogP contribution in [0.4, 0.5) is 0 Å². The molecule has 16 heavy (non-hydrogen) atoms. The number of rotatable bonds is 4. The van der Waals surface area contributed by atoms with Gasteiger partial charge in [0.05, 0.1) is 13.2 Å². The molecule has 0 spiro atoms. The lowest BCUT2D eigenvalue weighted by molar-refractivity contribution is -0.0128. The predicted octanol–water partition coefficient (Wildman–Crippen LogP) is 1.63. The van der Waals surface area contributed by atoms with Crippen LogP contribution in [0.15, 0.2) is 0 Å². The SMILES string of the molecule is CCCC1(CN2CCOCC2C)CCCN1. The van der Waals surface area contributed by atoms with Gasteiger partial charge in [-0.2, -0.15) is 0 Å². The number of nitrogens with zero attached hydrogens (tertiary/aromatic N) is 1. The Labute approximate surface area is 99.5 Å². The quantitative estimate of drug-likeness (QED) is 0.788. The first-order valence-corrected chi connectivity index (χ1v) is 6.82. The molecule has 2 saturated heterocycles. The average Bonchev–Trinajstić information content (AvgIpc) is 2.71. The highest BCUT2D eigenvalue weighted by Gasteiger charge is 2.35. The van der Waals surface area contributed by atoms with Gasteiger partial charge in [-0.15, -0.1) is 0 Å². The molecule has 2 rings (SSSR count). The van der Waals surface area contributed by atoms with Crippen LogP contribution in [0.25, 0.3) is 0 Å². The second kappa shape index (κ2) is 5.48. The molecule has 0 aromatic rings. The molecule has 0 amide bonds. The van der Waals surface area contributed by atoms with E-state index >= 15 is 0 Å². The van der Waals surface area contributed by atoms with Crippen LogP contribution in [-0.4, -0.2) is 49.3 Å². The summed E-state index contributed by atoms with van der Waals surface area (Å²) in [6, 6.07) is 0.588. The zero-order valence-electron chi connectivity index (χ0n) is 10.8. The van der Waals surface area contributed by atoms with E-state index in [0.29, 0.717) is 11.6 Å². The van der Waals surface area contributed by atoms with Gasteiger partial charge in [0.15, 0.2) is 0 Å². The van der Waals surface area contributed by atoms with Crippen molar-refractivity contribution >= 4 is 0 Å². The first kappa shape index (κ1) is 12.3. The molecular weight excluding hydrogens is 200 g/mol. The van der Waals surface area contributed by atoms with Crippen molar-refractivity contribution in [3.63, 3.8) is 0 Å². The molecule has 2 atom stereocenters. The van der Waals surface area contributed by atoms with Crippen LogP contribution in [0.1, 0.15) is 39.5 Å². The molecule has 2 unspecified atom stereocenters. The van der Waals surface area contributed by atoms with Gasteiger partial charge in [0.25, 0.3) is 0 Å². The Hall–Kier alpha value is -0.120. The van der Waals surface area contributed by atoms with Crippen LogP contribution in [0.2, 0.25) is 0 Å². The molecule has 1 N–H and O–H groups in total. The van der Waals surface area contributed by atoms with E-state index in [1.165, 1.54) is 38.8 Å². The van der Waals surface area contributed by atoms with Gasteiger partial charge in [0.1, 0.15) is 0 Å². The number of hydrogen-bond donors (Lipinski definition) is 1. The van der Waals surface area contributed by atoms with Crippen LogP contribution in [-0.2, 0) is 4.74 Å². The fraction of sp³-hybridized carbons (Fsp3) is 1.00. The summed E-state index contributed by atoms with van der Waals surface area (Å²) in [7, 11) is 0. The Morgan fingerprint density at radius 1 is 1.50 bits per heavy atom. The summed E-state index contributed by atoms with van der Waals surface area (Å²) < 4.78 is 5.51. The molecular formula is C13H26N2O. The van der Waals surface area contributed by atoms with Gasteiger partial charge in [0.2, 0.25) is 0 Å². The molecule has 0 saturated carbocycles. The maximum Gasteiger partial charge on any atom is 0.0619 e. The van der Waals surface area contributed by atoms with E-state index in [9.17, 15) is 0 Å². The molecule has 2 heterocycles. The van der Waals surface area contributed by atoms with Crippen LogP contribution < -0.4 is 5.32 Å². The van der Waals surface area contributed by atoms with E-state index in [0.717, 1.165) is 19.8 Å². The lowest BCUT2D eigenvalue weighted by Gasteiger charge is -2.40. The number of nitrogens with one attached hydrogen (secondary N) is 1. The first-order valence-electron chi connectivity index (χ1n) is 6.82. The molecule has 0 aromatic heterocycles. The third-order valence-electron chi connectivity index (χ3n) is 4.07. The van der Waals surface area contributed by atoms with E-state index in [1.807, 2.05) is 0 Å². The second-order valence-electron chi connectivity index (χ2n) is 5.46. The monoisotopic (exact) mass is 226 g/mol. The zero-order valence-corrected chi connectivity index (χ0v) is 10.8. The lowest BCUT2D eigenvalue weighted by atomic mass is 9.90. The minimum Gasteiger partial charge on any atom is -0.379 e. The molecule has 0 aromatic carbocycles. The molecule has 0 radical (unpaired) electrons. The van der Waals surface area contributed by atoms with Crippen molar-refractivity contribution in [1.82, 2.24) is 10.2 Å². The van der Waals surface area contributed by atoms with Gasteiger partial charge in [0, 0.05) is 24.7 Å². The summed E-state index contributed by atoms with van der Waals surface area (Å²) in [6.07, 6.45) is 5.30. The standard InChI is InChI=1S/C13H26N2O/c1-3-5-13(6-4-7-14-13)11-15-8-9-16-10-12(15)2/h12,14H,3-11H2,1-2H3. The topological polar surface area (TPSA) is 24.5 Å². The summed E-state index contributed by atoms with van der Waals surface area (Å²) in [5.74, 6) is 0. The van der Waals surface area contributed by atoms with Crippen molar-refractivity contribution in [2.24, 2.45) is 0 Å². The third kappa shape index (κ3) is 2.76. The van der Waals surface area contributed by atoms with Gasteiger partial charge >= 0.3 is 0 Å². The normalized spacial score (nSPS) is 36.8. The molecule has 0 aliphatic carbocycles. The lowest BCUT2D eigenvalue weighted by Crippen LogP contribution is -2.55. The van der Waals surface area contributed by atoms with Crippen LogP contribution >= 0.6 is 0 Å². The van der Waals surface area contributed by atoms with E-state index in [-0.39, 0.29) is 0 Å². The Morgan fingerprint density at radius 3 is 3.00 bits per heavy atom. The van der Waals surface area contributed by atoms with Crippen molar-refractivity contribution in [3.8, 4) is 0 Å². The maximum atomic E-state index is 5.51. The molecule has 0 bridgehead atoms. The Morgan fingerprint density at radius 2 is 2.38 bits per heavy atom. The number of hydrogen-bond acceptors (Lipinski definition) is 3. The molecule has 94 valence electrons. The van der Waals surface area contributed by atoms with Crippen molar-refractivity contribution in [1.29, 1.82) is 0 Å². The van der Waals surface area contributed by atoms with E-state index in [2.05, 4.69) is 24.1 Å². The van der Waals surface area contributed by atoms with Crippen LogP contribution in [0.5, 0.6) is 0 Å². The summed E-state index contributed by atoms with van der Waals surface area (Å²) in [5, 5.41) is 3.76. The van der Waals surface area contributed by atoms with Crippen molar-refractivity contribution in [2.45, 2.75) is 51.1 Å². The highest BCUT2D eigenvalue weighted by atomic mass is 16.5. The molecule has 3 nitrogen and oxygen atoms in total. The summed E-state index contributed by atoms with van der Waals surface area (Å²) in [6.45, 7) is 9.92. The Kier molecular flexibility index (Phi) is 4.22. The van der Waals surface area contributed by atoms with Crippen LogP contribution in [0.3, 0.4) is 0 Å². The van der Waals surface area contributed by atoms with Gasteiger partial charge in [-0.1, -0.05) is 13.3 Å². The van der Waals surface area contributed by atoms with Crippen LogP contribution in [0, 0.1) is 0 Å². The summed E-state index contributed by atoms with van der Waals surface area (Å²) >= 11 is 0. The van der Waals surface area contributed by atoms with Gasteiger partial charge in [-0.3, -0.25) is 4.90 Å². The number of ether oxygens (including phenoxy) is 1. The summed E-state index contributed by atoms with van der Waals surface area (Å²) in [5.41, 5.74) is 0.403. The smallest absolute Gasteiger partial charge is 0.0619 e. The Bertz CT molecular complexity index is 214. The van der Waals surface area contributed by atoms with Gasteiger partial charge in [-0.25, -0.2) is 0 Å². The molecule has 2 fully saturated rings. The summed E-state index contributed by atoms with van der Waals surface area (Å²) in [4.78, 5) is 2.61. The van der Waals surface area contributed by atoms with E-state index < -0.39 is 0 Å². The Balaban J connectivity index is 1.93. The van der Waals surface area contributed by atoms with Crippen molar-refractivity contribution in [2.75, 3.05) is 32.8 Å². The fourth-order valence-electron chi connectivity index (χ4n) is 3.16. The molecule has 2 aliphatic rings. The van der Waals surface area contributed by atoms with E-state index in [1.54, 1.807) is 0 Å². The average molecular weight is 226 g/mol. The first-order chi connectivity index (χ1) is 7.76. The predicted molar refractivity (Wildman–Crippen MR) is 66.7 cm³/mol. The van der Waals surface area contributed by atoms with Crippen molar-refractivity contribution < 1.29 is 4.74 Å². The number of morpholine rings is 1. The minimum atomic E-state index is 0.403. The second-order valence-corrected chi connectivity index (χ2v) is 5.46. The molecule has 3 heteroatoms. The van der Waals surface area contributed by atoms with Gasteiger partial charge in [-0.05, 0) is 32.7 Å². The fourth-order valence-corrected chi connectivity index (χ4v) is 3.16.